The van der Waals surface area contributed by atoms with Gasteiger partial charge in [-0.25, -0.2) is 23.5 Å². The molecule has 7 rings (SSSR count). The first-order chi connectivity index (χ1) is 23.5. The highest BCUT2D eigenvalue weighted by atomic mass is 35.5. The molecule has 1 amide bonds. The van der Waals surface area contributed by atoms with Crippen molar-refractivity contribution in [2.24, 2.45) is 0 Å². The molecule has 2 aromatic carbocycles. The Morgan fingerprint density at radius 2 is 1.92 bits per heavy atom. The van der Waals surface area contributed by atoms with E-state index in [4.69, 9.17) is 25.8 Å². The van der Waals surface area contributed by atoms with Gasteiger partial charge in [-0.15, -0.1) is 0 Å². The fraction of sp³-hybridized carbons (Fsp3) is 0.286. The molecule has 2 aliphatic rings. The monoisotopic (exact) mass is 689 g/mol. The predicted molar refractivity (Wildman–Crippen MR) is 174 cm³/mol. The fourth-order valence-electron chi connectivity index (χ4n) is 5.67. The summed E-state index contributed by atoms with van der Waals surface area (Å²) in [6.07, 6.45) is 2.15. The molecule has 49 heavy (non-hydrogen) atoms. The molecule has 2 saturated heterocycles. The topological polar surface area (TPSA) is 138 Å². The minimum Gasteiger partial charge on any atom is -0.478 e. The average Bonchev–Trinajstić information content (AvgIpc) is 3.38. The predicted octanol–water partition coefficient (Wildman–Crippen LogP) is 5.60. The Labute approximate surface area is 283 Å². The number of carboxylic acids is 1. The second-order valence-electron chi connectivity index (χ2n) is 12.3. The highest BCUT2D eigenvalue weighted by molar-refractivity contribution is 6.31. The van der Waals surface area contributed by atoms with E-state index in [2.05, 4.69) is 20.3 Å². The number of hydrogen-bond donors (Lipinski definition) is 2. The van der Waals surface area contributed by atoms with Gasteiger partial charge in [0.2, 0.25) is 5.88 Å². The smallest absolute Gasteiger partial charge is 0.335 e. The molecule has 0 radical (unpaired) electrons. The number of carboxylic acid groups (broad SMARTS) is 1. The molecule has 5 heterocycles. The lowest BCUT2D eigenvalue weighted by atomic mass is 10.0. The third kappa shape index (κ3) is 6.82. The molecule has 0 saturated carbocycles. The third-order valence-electron chi connectivity index (χ3n) is 8.53. The van der Waals surface area contributed by atoms with Gasteiger partial charge in [-0.2, -0.15) is 0 Å². The van der Waals surface area contributed by atoms with E-state index >= 15 is 8.78 Å². The largest absolute Gasteiger partial charge is 0.478 e. The number of imidazole rings is 1. The summed E-state index contributed by atoms with van der Waals surface area (Å²) in [7, 11) is 0. The maximum Gasteiger partial charge on any atom is 0.335 e. The molecule has 1 atom stereocenters. The SMILES string of the molecule is CC1(NC(=O)c2cc(Cl)c(COc3cccc(-c4cc(F)c(Cc5nc6ccc(C(=O)O)cc6n5C[C@@H]5CCO5)cc4F)n3)cn2)COC1. The zero-order chi connectivity index (χ0) is 34.3. The van der Waals surface area contributed by atoms with Crippen LogP contribution in [-0.4, -0.2) is 68.0 Å². The molecule has 5 aromatic rings. The maximum atomic E-state index is 15.6. The number of ether oxygens (including phenoxy) is 3. The lowest BCUT2D eigenvalue weighted by Gasteiger charge is -2.38. The Bertz CT molecular complexity index is 2100. The van der Waals surface area contributed by atoms with Gasteiger partial charge in [0.1, 0.15) is 29.8 Å². The number of aromatic nitrogens is 4. The number of nitrogens with one attached hydrogen (secondary N) is 1. The normalized spacial score (nSPS) is 16.5. The van der Waals surface area contributed by atoms with Crippen LogP contribution in [-0.2, 0) is 29.0 Å². The minimum absolute atomic E-state index is 0.0353. The molecule has 0 aliphatic carbocycles. The molecule has 0 spiro atoms. The van der Waals surface area contributed by atoms with Gasteiger partial charge >= 0.3 is 5.97 Å². The van der Waals surface area contributed by atoms with E-state index in [9.17, 15) is 14.7 Å². The number of halogens is 3. The quantitative estimate of drug-likeness (QED) is 0.182. The number of rotatable bonds is 11. The first-order valence-electron chi connectivity index (χ1n) is 15.5. The summed E-state index contributed by atoms with van der Waals surface area (Å²) in [4.78, 5) is 37.4. The summed E-state index contributed by atoms with van der Waals surface area (Å²) in [5, 5.41) is 12.6. The van der Waals surface area contributed by atoms with Crippen molar-refractivity contribution in [2.75, 3.05) is 19.8 Å². The molecular formula is C35H30ClF2N5O6. The van der Waals surface area contributed by atoms with Crippen LogP contribution in [0.15, 0.2) is 60.8 Å². The number of carbonyl (C=O) groups is 2. The number of pyridine rings is 2. The summed E-state index contributed by atoms with van der Waals surface area (Å²) in [6.45, 7) is 3.71. The summed E-state index contributed by atoms with van der Waals surface area (Å²) in [5.74, 6) is -2.20. The summed E-state index contributed by atoms with van der Waals surface area (Å²) >= 11 is 6.41. The van der Waals surface area contributed by atoms with Crippen LogP contribution in [0.2, 0.25) is 5.02 Å². The number of amides is 1. The summed E-state index contributed by atoms with van der Waals surface area (Å²) < 4.78 is 49.5. The van der Waals surface area contributed by atoms with Crippen molar-refractivity contribution in [1.82, 2.24) is 24.8 Å². The number of fused-ring (bicyclic) bond motifs is 1. The first-order valence-corrected chi connectivity index (χ1v) is 15.9. The molecule has 14 heteroatoms. The van der Waals surface area contributed by atoms with Crippen molar-refractivity contribution in [3.8, 4) is 17.1 Å². The van der Waals surface area contributed by atoms with E-state index in [0.717, 1.165) is 18.6 Å². The molecule has 2 fully saturated rings. The van der Waals surface area contributed by atoms with Gasteiger partial charge in [-0.05, 0) is 61.4 Å². The first kappa shape index (κ1) is 32.6. The number of aromatic carboxylic acids is 1. The van der Waals surface area contributed by atoms with Crippen LogP contribution in [0.25, 0.3) is 22.3 Å². The average molecular weight is 690 g/mol. The highest BCUT2D eigenvalue weighted by Crippen LogP contribution is 2.29. The second kappa shape index (κ2) is 13.1. The molecule has 0 bridgehead atoms. The standard InChI is InChI=1S/C35H30ClF2N5O6/c1-35(17-47-18-35)42-33(44)29-13-24(36)21(14-39-29)16-49-32-4-2-3-27(41-32)23-12-25(37)20(9-26(23)38)11-31-40-28-6-5-19(34(45)46)10-30(28)43(31)15-22-7-8-48-22/h2-6,9-10,12-14,22H,7-8,11,15-18H2,1H3,(H,42,44)(H,45,46)/t22-/m0/s1. The Kier molecular flexibility index (Phi) is 8.73. The van der Waals surface area contributed by atoms with Gasteiger partial charge < -0.3 is 29.2 Å². The van der Waals surface area contributed by atoms with Crippen molar-refractivity contribution in [1.29, 1.82) is 0 Å². The maximum absolute atomic E-state index is 15.6. The van der Waals surface area contributed by atoms with Crippen molar-refractivity contribution >= 4 is 34.5 Å². The number of hydrogen-bond acceptors (Lipinski definition) is 8. The van der Waals surface area contributed by atoms with Crippen molar-refractivity contribution in [3.63, 3.8) is 0 Å². The Hall–Kier alpha value is -4.98. The van der Waals surface area contributed by atoms with Gasteiger partial charge in [0.15, 0.2) is 0 Å². The summed E-state index contributed by atoms with van der Waals surface area (Å²) in [6, 6.07) is 13.0. The van der Waals surface area contributed by atoms with E-state index in [0.29, 0.717) is 48.8 Å². The Balaban J connectivity index is 1.08. The second-order valence-corrected chi connectivity index (χ2v) is 12.8. The van der Waals surface area contributed by atoms with Gasteiger partial charge in [0.05, 0.1) is 58.7 Å². The van der Waals surface area contributed by atoms with Crippen LogP contribution in [0.1, 0.15) is 51.1 Å². The van der Waals surface area contributed by atoms with Crippen LogP contribution in [0.3, 0.4) is 0 Å². The lowest BCUT2D eigenvalue weighted by molar-refractivity contribution is -0.0594. The molecule has 252 valence electrons. The highest BCUT2D eigenvalue weighted by Gasteiger charge is 2.35. The Morgan fingerprint density at radius 3 is 2.61 bits per heavy atom. The fourth-order valence-corrected chi connectivity index (χ4v) is 5.88. The van der Waals surface area contributed by atoms with Crippen molar-refractivity contribution < 1.29 is 37.7 Å². The van der Waals surface area contributed by atoms with Gasteiger partial charge in [-0.1, -0.05) is 17.7 Å². The van der Waals surface area contributed by atoms with E-state index in [-0.39, 0.29) is 64.0 Å². The molecule has 3 aromatic heterocycles. The Morgan fingerprint density at radius 1 is 1.10 bits per heavy atom. The van der Waals surface area contributed by atoms with Gasteiger partial charge in [0, 0.05) is 36.4 Å². The van der Waals surface area contributed by atoms with Crippen molar-refractivity contribution in [3.05, 3.63) is 106 Å². The minimum atomic E-state index is -1.08. The van der Waals surface area contributed by atoms with Crippen LogP contribution in [0, 0.1) is 11.6 Å². The van der Waals surface area contributed by atoms with Crippen LogP contribution < -0.4 is 10.1 Å². The molecular weight excluding hydrogens is 660 g/mol. The number of carbonyl (C=O) groups excluding carboxylic acids is 1. The molecule has 0 unspecified atom stereocenters. The summed E-state index contributed by atoms with van der Waals surface area (Å²) in [5.41, 5.74) is 1.61. The van der Waals surface area contributed by atoms with E-state index < -0.39 is 23.1 Å². The van der Waals surface area contributed by atoms with Crippen LogP contribution >= 0.6 is 11.6 Å². The molecule has 2 aliphatic heterocycles. The zero-order valence-electron chi connectivity index (χ0n) is 26.2. The van der Waals surface area contributed by atoms with E-state index in [1.165, 1.54) is 30.5 Å². The lowest BCUT2D eigenvalue weighted by Crippen LogP contribution is -2.60. The van der Waals surface area contributed by atoms with E-state index in [1.807, 2.05) is 11.5 Å². The zero-order valence-corrected chi connectivity index (χ0v) is 27.0. The van der Waals surface area contributed by atoms with E-state index in [1.54, 1.807) is 18.2 Å². The van der Waals surface area contributed by atoms with Crippen LogP contribution in [0.5, 0.6) is 5.88 Å². The van der Waals surface area contributed by atoms with Gasteiger partial charge in [0.25, 0.3) is 5.91 Å². The van der Waals surface area contributed by atoms with Gasteiger partial charge in [-0.3, -0.25) is 9.78 Å². The molecule has 2 N–H and O–H groups in total. The molecule has 11 nitrogen and oxygen atoms in total. The number of nitrogens with zero attached hydrogens (tertiary/aromatic N) is 4. The third-order valence-corrected chi connectivity index (χ3v) is 8.88. The van der Waals surface area contributed by atoms with Crippen LogP contribution in [0.4, 0.5) is 8.78 Å². The van der Waals surface area contributed by atoms with Crippen molar-refractivity contribution in [2.45, 2.75) is 44.6 Å². The number of benzene rings is 2.